The first-order chi connectivity index (χ1) is 53.5. The molecule has 0 amide bonds. The molecule has 12 aromatic carbocycles. The summed E-state index contributed by atoms with van der Waals surface area (Å²) in [6.45, 7) is 6.32. The molecule has 0 fully saturated rings. The van der Waals surface area contributed by atoms with E-state index in [9.17, 15) is 26.3 Å². The minimum absolute atomic E-state index is 0.0490. The molecular weight excluding hydrogens is 1400 g/mol. The lowest BCUT2D eigenvalue weighted by atomic mass is 9.54. The van der Waals surface area contributed by atoms with Crippen LogP contribution in [0.15, 0.2) is 249 Å². The lowest BCUT2D eigenvalue weighted by Crippen LogP contribution is -2.42. The molecule has 0 atom stereocenters. The monoisotopic (exact) mass is 1480 g/mol. The van der Waals surface area contributed by atoms with Gasteiger partial charge in [0.05, 0.1) is 68.1 Å². The zero-order chi connectivity index (χ0) is 77.0. The van der Waals surface area contributed by atoms with Crippen LogP contribution in [0.3, 0.4) is 0 Å². The summed E-state index contributed by atoms with van der Waals surface area (Å²) in [5.41, 5.74) is 21.9. The molecule has 0 bridgehead atoms. The highest BCUT2D eigenvalue weighted by atomic mass is 19.1. The standard InChI is InChI=1S/C15H15BFNO.C15H14BFO2.C15H14BFO.3C14H12BFO2/c1-18(2)14-6-3-12(4-7-14)16-15-8-5-13(17)9-11(15)10-19-16;1-10-7-13(18-2)4-6-14(10)16-15-5-3-12(17)8-11(15)9-19-16;1-2-11-4-3-5-13(8-11)16-15-7-6-14(17)9-12(15)10-18-16;1-17-13-5-2-11(3-6-13)15-14-7-4-12(16)8-10(14)9-18-15;1-17-13-4-2-3-11(8-13)15-14-6-5-12(16)7-10(14)9-18-15;1-17-14-5-3-2-4-13(14)15-12-7-6-11(16)8-10(12)9-18-15/h3-9H,10H2,1-2H3;3-8H,9H2,1-2H3;3-9H,2,10H2,1H3;3*2-8H,9H2,1H3. The average Bonchev–Trinajstić information content (AvgIpc) is 1.68. The van der Waals surface area contributed by atoms with Gasteiger partial charge in [-0.2, -0.15) is 0 Å². The summed E-state index contributed by atoms with van der Waals surface area (Å²) in [5.74, 6) is 1.97. The number of para-hydroxylation sites is 1. The van der Waals surface area contributed by atoms with Gasteiger partial charge in [0.15, 0.2) is 0 Å². The van der Waals surface area contributed by atoms with Crippen LogP contribution < -0.4 is 89.4 Å². The number of methoxy groups -OCH3 is 4. The Morgan fingerprint density at radius 3 is 1.03 bits per heavy atom. The van der Waals surface area contributed by atoms with Gasteiger partial charge < -0.3 is 51.8 Å². The van der Waals surface area contributed by atoms with E-state index in [4.69, 9.17) is 46.9 Å². The van der Waals surface area contributed by atoms with Crippen LogP contribution in [-0.4, -0.2) is 84.0 Å². The van der Waals surface area contributed by atoms with Gasteiger partial charge in [0.25, 0.3) is 0 Å². The molecule has 0 aromatic heterocycles. The van der Waals surface area contributed by atoms with Gasteiger partial charge in [-0.25, -0.2) is 26.3 Å². The molecule has 6 heterocycles. The van der Waals surface area contributed by atoms with Crippen molar-refractivity contribution >= 4 is 113 Å². The molecule has 6 aliphatic heterocycles. The quantitative estimate of drug-likeness (QED) is 0.0865. The maximum absolute atomic E-state index is 13.2. The number of aryl methyl sites for hydroxylation is 2. The van der Waals surface area contributed by atoms with Crippen LogP contribution in [0, 0.1) is 41.8 Å². The third kappa shape index (κ3) is 18.1. The fraction of sp³-hybridized carbons (Fsp3) is 0.172. The molecule has 0 unspecified atom stereocenters. The van der Waals surface area contributed by atoms with Crippen LogP contribution in [0.25, 0.3) is 0 Å². The number of halogens is 6. The normalized spacial score (nSPS) is 13.6. The number of rotatable bonds is 12. The second-order valence-corrected chi connectivity index (χ2v) is 27.3. The molecule has 0 radical (unpaired) electrons. The summed E-state index contributed by atoms with van der Waals surface area (Å²) in [4.78, 5) is 2.06. The summed E-state index contributed by atoms with van der Waals surface area (Å²) in [6.07, 6.45) is 1.01. The third-order valence-corrected chi connectivity index (χ3v) is 20.1. The third-order valence-electron chi connectivity index (χ3n) is 20.1. The smallest absolute Gasteiger partial charge is 0.366 e. The van der Waals surface area contributed by atoms with E-state index in [1.807, 2.05) is 130 Å². The van der Waals surface area contributed by atoms with Gasteiger partial charge in [-0.1, -0.05) is 128 Å². The Morgan fingerprint density at radius 1 is 0.300 bits per heavy atom. The summed E-state index contributed by atoms with van der Waals surface area (Å²) < 4.78 is 134. The molecule has 0 aliphatic carbocycles. The topological polar surface area (TPSA) is 95.5 Å². The maximum atomic E-state index is 13.2. The van der Waals surface area contributed by atoms with E-state index in [2.05, 4.69) is 60.4 Å². The van der Waals surface area contributed by atoms with Gasteiger partial charge >= 0.3 is 41.5 Å². The number of fused-ring (bicyclic) bond motifs is 6. The van der Waals surface area contributed by atoms with Crippen LogP contribution in [0.4, 0.5) is 32.0 Å². The molecule has 552 valence electrons. The molecular formula is C87H79B6F6NO10. The minimum Gasteiger partial charge on any atom is -0.497 e. The molecule has 0 N–H and O–H groups in total. The van der Waals surface area contributed by atoms with Gasteiger partial charge in [-0.15, -0.1) is 0 Å². The van der Waals surface area contributed by atoms with Gasteiger partial charge in [-0.05, 0) is 251 Å². The fourth-order valence-electron chi connectivity index (χ4n) is 14.4. The highest BCUT2D eigenvalue weighted by Crippen LogP contribution is 2.23. The number of nitrogens with zero attached hydrogens (tertiary/aromatic N) is 1. The van der Waals surface area contributed by atoms with E-state index in [-0.39, 0.29) is 76.4 Å². The van der Waals surface area contributed by atoms with E-state index in [0.717, 1.165) is 140 Å². The molecule has 110 heavy (non-hydrogen) atoms. The first-order valence-corrected chi connectivity index (χ1v) is 36.3. The van der Waals surface area contributed by atoms with E-state index >= 15 is 0 Å². The van der Waals surface area contributed by atoms with Gasteiger partial charge in [-0.3, -0.25) is 0 Å². The zero-order valence-electron chi connectivity index (χ0n) is 62.4. The van der Waals surface area contributed by atoms with Crippen molar-refractivity contribution in [2.45, 2.75) is 59.9 Å². The van der Waals surface area contributed by atoms with Gasteiger partial charge in [0.2, 0.25) is 0 Å². The van der Waals surface area contributed by atoms with Crippen molar-refractivity contribution in [1.29, 1.82) is 0 Å². The van der Waals surface area contributed by atoms with Crippen molar-refractivity contribution in [1.82, 2.24) is 0 Å². The highest BCUT2D eigenvalue weighted by molar-refractivity contribution is 6.84. The van der Waals surface area contributed by atoms with Crippen LogP contribution in [0.5, 0.6) is 23.0 Å². The Kier molecular flexibility index (Phi) is 25.2. The Hall–Kier alpha value is -10.6. The molecule has 0 spiro atoms. The maximum Gasteiger partial charge on any atom is 0.366 e. The number of benzene rings is 12. The Balaban J connectivity index is 0.000000116. The number of hydrogen-bond acceptors (Lipinski definition) is 11. The Bertz CT molecular complexity index is 5100. The number of anilines is 1. The van der Waals surface area contributed by atoms with Crippen molar-refractivity contribution in [3.05, 3.63) is 328 Å². The molecule has 11 nitrogen and oxygen atoms in total. The first-order valence-electron chi connectivity index (χ1n) is 36.3. The number of hydrogen-bond donors (Lipinski definition) is 0. The molecule has 6 aliphatic rings. The minimum atomic E-state index is -0.224. The molecule has 23 heteroatoms. The van der Waals surface area contributed by atoms with Gasteiger partial charge in [0.1, 0.15) is 57.9 Å². The van der Waals surface area contributed by atoms with Crippen LogP contribution >= 0.6 is 0 Å². The summed E-state index contributed by atoms with van der Waals surface area (Å²) >= 11 is 0. The largest absolute Gasteiger partial charge is 0.497 e. The summed E-state index contributed by atoms with van der Waals surface area (Å²) in [6, 6.07) is 74.9. The van der Waals surface area contributed by atoms with E-state index in [1.54, 1.807) is 70.9 Å². The summed E-state index contributed by atoms with van der Waals surface area (Å²) in [5, 5.41) is 0. The van der Waals surface area contributed by atoms with E-state index in [0.29, 0.717) is 39.6 Å². The Labute approximate surface area is 641 Å². The second kappa shape index (κ2) is 35.8. The lowest BCUT2D eigenvalue weighted by molar-refractivity contribution is 0.335. The van der Waals surface area contributed by atoms with Gasteiger partial charge in [0, 0.05) is 19.8 Å². The van der Waals surface area contributed by atoms with Crippen LogP contribution in [0.2, 0.25) is 0 Å². The Morgan fingerprint density at radius 2 is 0.636 bits per heavy atom. The zero-order valence-corrected chi connectivity index (χ0v) is 62.4. The molecule has 0 saturated heterocycles. The van der Waals surface area contributed by atoms with Crippen LogP contribution in [0.1, 0.15) is 51.4 Å². The second-order valence-electron chi connectivity index (χ2n) is 27.3. The summed E-state index contributed by atoms with van der Waals surface area (Å²) in [7, 11) is 10.6. The van der Waals surface area contributed by atoms with E-state index < -0.39 is 0 Å². The molecule has 18 rings (SSSR count). The number of ether oxygens (including phenoxy) is 4. The van der Waals surface area contributed by atoms with Crippen molar-refractivity contribution < 1.29 is 73.2 Å². The lowest BCUT2D eigenvalue weighted by Gasteiger charge is -2.14. The predicted molar refractivity (Wildman–Crippen MR) is 431 cm³/mol. The van der Waals surface area contributed by atoms with Crippen molar-refractivity contribution in [2.75, 3.05) is 47.4 Å². The van der Waals surface area contributed by atoms with Crippen molar-refractivity contribution in [3.63, 3.8) is 0 Å². The highest BCUT2D eigenvalue weighted by Gasteiger charge is 2.36. The predicted octanol–water partition coefficient (Wildman–Crippen LogP) is 9.74. The average molecular weight is 1480 g/mol. The van der Waals surface area contributed by atoms with Crippen LogP contribution in [-0.2, 0) is 74.0 Å². The van der Waals surface area contributed by atoms with Crippen molar-refractivity contribution in [2.24, 2.45) is 0 Å². The SMILES string of the molecule is CCc1cccc(B2OCc3cc(F)ccc32)c1.CN(C)c1ccc(B2OCc3cc(F)ccc32)cc1.COc1ccc(B2OCc3cc(F)ccc32)c(C)c1.COc1ccc(B2OCc3cc(F)ccc32)cc1.COc1cccc(B2OCc3cc(F)ccc32)c1.COc1ccccc1B1OCc2cc(F)ccc21. The molecule has 0 saturated carbocycles. The molecule has 12 aromatic rings. The first kappa shape index (κ1) is 77.5. The fourth-order valence-corrected chi connectivity index (χ4v) is 14.4. The van der Waals surface area contributed by atoms with Crippen molar-refractivity contribution in [3.8, 4) is 23.0 Å². The van der Waals surface area contributed by atoms with E-state index in [1.165, 1.54) is 54.1 Å².